The molecule has 1 amide bonds. The van der Waals surface area contributed by atoms with Gasteiger partial charge in [-0.3, -0.25) is 9.59 Å². The first-order valence-electron chi connectivity index (χ1n) is 8.96. The Hall–Kier alpha value is -3.28. The molecular weight excluding hydrogens is 358 g/mol. The largest absolute Gasteiger partial charge is 0.497 e. The minimum absolute atomic E-state index is 0.0714. The smallest absolute Gasteiger partial charge is 0.232 e. The molecule has 0 saturated heterocycles. The van der Waals surface area contributed by atoms with Gasteiger partial charge in [-0.25, -0.2) is 0 Å². The van der Waals surface area contributed by atoms with Gasteiger partial charge in [0.2, 0.25) is 11.7 Å². The molecule has 1 aromatic heterocycles. The maximum atomic E-state index is 13.1. The Morgan fingerprint density at radius 1 is 1.04 bits per heavy atom. The molecule has 0 saturated carbocycles. The highest BCUT2D eigenvalue weighted by molar-refractivity contribution is 6.12. The van der Waals surface area contributed by atoms with Crippen LogP contribution in [0.25, 0.3) is 11.0 Å². The van der Waals surface area contributed by atoms with E-state index in [1.54, 1.807) is 30.3 Å². The van der Waals surface area contributed by atoms with Crippen molar-refractivity contribution in [2.24, 2.45) is 5.92 Å². The molecule has 0 radical (unpaired) electrons. The predicted molar refractivity (Wildman–Crippen MR) is 107 cm³/mol. The van der Waals surface area contributed by atoms with Gasteiger partial charge in [-0.05, 0) is 43.3 Å². The van der Waals surface area contributed by atoms with Crippen LogP contribution in [0, 0.1) is 12.8 Å². The first kappa shape index (κ1) is 19.5. The molecule has 146 valence electrons. The first-order valence-corrected chi connectivity index (χ1v) is 8.96. The van der Waals surface area contributed by atoms with E-state index in [0.29, 0.717) is 33.9 Å². The van der Waals surface area contributed by atoms with Gasteiger partial charge in [0.1, 0.15) is 17.1 Å². The molecule has 28 heavy (non-hydrogen) atoms. The number of benzene rings is 2. The monoisotopic (exact) mass is 381 g/mol. The van der Waals surface area contributed by atoms with Crippen LogP contribution in [0.3, 0.4) is 0 Å². The Bertz CT molecular complexity index is 1050. The number of hydrogen-bond acceptors (Lipinski definition) is 5. The molecule has 0 atom stereocenters. The van der Waals surface area contributed by atoms with Gasteiger partial charge < -0.3 is 19.2 Å². The van der Waals surface area contributed by atoms with E-state index in [4.69, 9.17) is 13.9 Å². The van der Waals surface area contributed by atoms with E-state index in [0.717, 1.165) is 5.39 Å². The fourth-order valence-corrected chi connectivity index (χ4v) is 2.92. The van der Waals surface area contributed by atoms with E-state index in [2.05, 4.69) is 5.32 Å². The zero-order valence-electron chi connectivity index (χ0n) is 16.6. The zero-order chi connectivity index (χ0) is 20.4. The van der Waals surface area contributed by atoms with Crippen LogP contribution in [0.2, 0.25) is 0 Å². The number of amides is 1. The molecule has 0 unspecified atom stereocenters. The number of methoxy groups -OCH3 is 2. The summed E-state index contributed by atoms with van der Waals surface area (Å²) in [6.07, 6.45) is 0. The van der Waals surface area contributed by atoms with Crippen LogP contribution in [-0.4, -0.2) is 25.9 Å². The zero-order valence-corrected chi connectivity index (χ0v) is 16.6. The highest BCUT2D eigenvalue weighted by atomic mass is 16.5. The summed E-state index contributed by atoms with van der Waals surface area (Å²) in [5.74, 6) is 0.731. The second kappa shape index (κ2) is 7.76. The minimum Gasteiger partial charge on any atom is -0.497 e. The lowest BCUT2D eigenvalue weighted by Crippen LogP contribution is -2.17. The normalized spacial score (nSPS) is 10.9. The van der Waals surface area contributed by atoms with Crippen molar-refractivity contribution in [1.82, 2.24) is 0 Å². The van der Waals surface area contributed by atoms with Gasteiger partial charge >= 0.3 is 0 Å². The maximum absolute atomic E-state index is 13.1. The highest BCUT2D eigenvalue weighted by Gasteiger charge is 2.23. The molecule has 0 bridgehead atoms. The summed E-state index contributed by atoms with van der Waals surface area (Å²) in [5.41, 5.74) is 2.29. The summed E-state index contributed by atoms with van der Waals surface area (Å²) in [4.78, 5) is 25.1. The van der Waals surface area contributed by atoms with Gasteiger partial charge in [0.15, 0.2) is 5.76 Å². The second-order valence-corrected chi connectivity index (χ2v) is 6.81. The van der Waals surface area contributed by atoms with Crippen molar-refractivity contribution in [3.05, 3.63) is 53.3 Å². The molecular formula is C22H23NO5. The van der Waals surface area contributed by atoms with Crippen LogP contribution in [0.1, 0.15) is 35.5 Å². The van der Waals surface area contributed by atoms with E-state index >= 15 is 0 Å². The summed E-state index contributed by atoms with van der Waals surface area (Å²) < 4.78 is 16.4. The Balaban J connectivity index is 2.03. The molecule has 2 aromatic carbocycles. The Morgan fingerprint density at radius 3 is 2.43 bits per heavy atom. The number of aryl methyl sites for hydroxylation is 1. The van der Waals surface area contributed by atoms with Gasteiger partial charge in [-0.15, -0.1) is 0 Å². The topological polar surface area (TPSA) is 77.8 Å². The van der Waals surface area contributed by atoms with Crippen molar-refractivity contribution in [2.75, 3.05) is 19.5 Å². The van der Waals surface area contributed by atoms with E-state index in [1.807, 2.05) is 26.8 Å². The number of carbonyl (C=O) groups is 2. The Morgan fingerprint density at radius 2 is 1.79 bits per heavy atom. The van der Waals surface area contributed by atoms with Crippen LogP contribution >= 0.6 is 0 Å². The number of hydrogen-bond donors (Lipinski definition) is 1. The lowest BCUT2D eigenvalue weighted by atomic mass is 10.0. The van der Waals surface area contributed by atoms with Crippen molar-refractivity contribution in [2.45, 2.75) is 20.8 Å². The van der Waals surface area contributed by atoms with Crippen LogP contribution in [-0.2, 0) is 4.79 Å². The van der Waals surface area contributed by atoms with Crippen molar-refractivity contribution in [3.63, 3.8) is 0 Å². The van der Waals surface area contributed by atoms with E-state index < -0.39 is 0 Å². The van der Waals surface area contributed by atoms with Gasteiger partial charge in [-0.2, -0.15) is 0 Å². The number of carbonyl (C=O) groups excluding carboxylic acids is 2. The molecule has 0 spiro atoms. The van der Waals surface area contributed by atoms with Crippen LogP contribution in [0.4, 0.5) is 5.69 Å². The molecule has 6 nitrogen and oxygen atoms in total. The molecule has 3 aromatic rings. The fraction of sp³-hybridized carbons (Fsp3) is 0.273. The quantitative estimate of drug-likeness (QED) is 0.632. The number of ketones is 1. The molecule has 6 heteroatoms. The molecule has 1 heterocycles. The van der Waals surface area contributed by atoms with Crippen molar-refractivity contribution >= 4 is 28.3 Å². The minimum atomic E-state index is -0.294. The number of fused-ring (bicyclic) bond motifs is 1. The van der Waals surface area contributed by atoms with Gasteiger partial charge in [-0.1, -0.05) is 13.8 Å². The van der Waals surface area contributed by atoms with Crippen molar-refractivity contribution in [1.29, 1.82) is 0 Å². The van der Waals surface area contributed by atoms with Gasteiger partial charge in [0.05, 0.1) is 19.8 Å². The average Bonchev–Trinajstić information content (AvgIpc) is 3.03. The molecule has 1 N–H and O–H groups in total. The second-order valence-electron chi connectivity index (χ2n) is 6.81. The molecule has 0 fully saturated rings. The lowest BCUT2D eigenvalue weighted by Gasteiger charge is -2.09. The van der Waals surface area contributed by atoms with Crippen LogP contribution in [0.15, 0.2) is 40.8 Å². The fourth-order valence-electron chi connectivity index (χ4n) is 2.92. The van der Waals surface area contributed by atoms with Crippen molar-refractivity contribution in [3.8, 4) is 11.5 Å². The Kier molecular flexibility index (Phi) is 5.40. The number of furan rings is 1. The predicted octanol–water partition coefficient (Wildman–Crippen LogP) is 4.58. The van der Waals surface area contributed by atoms with E-state index in [1.165, 1.54) is 14.2 Å². The van der Waals surface area contributed by atoms with Gasteiger partial charge in [0.25, 0.3) is 0 Å². The average molecular weight is 381 g/mol. The number of anilines is 1. The molecule has 0 aliphatic heterocycles. The SMILES string of the molecule is COc1ccc(OC)c(C(=O)c2oc3ccc(NC(=O)C(C)C)cc3c2C)c1. The summed E-state index contributed by atoms with van der Waals surface area (Å²) in [6, 6.07) is 10.4. The molecule has 0 aliphatic rings. The summed E-state index contributed by atoms with van der Waals surface area (Å²) in [5, 5.41) is 3.63. The lowest BCUT2D eigenvalue weighted by molar-refractivity contribution is -0.118. The Labute approximate surface area is 163 Å². The standard InChI is InChI=1S/C22H23NO5/c1-12(2)22(25)23-14-6-8-19-16(10-14)13(3)21(28-19)20(24)17-11-15(26-4)7-9-18(17)27-5/h6-12H,1-5H3,(H,23,25). The van der Waals surface area contributed by atoms with Crippen LogP contribution in [0.5, 0.6) is 11.5 Å². The van der Waals surface area contributed by atoms with Crippen molar-refractivity contribution < 1.29 is 23.5 Å². The third-order valence-electron chi connectivity index (χ3n) is 4.59. The summed E-state index contributed by atoms with van der Waals surface area (Å²) >= 11 is 0. The first-order chi connectivity index (χ1) is 13.3. The maximum Gasteiger partial charge on any atom is 0.232 e. The third-order valence-corrected chi connectivity index (χ3v) is 4.59. The number of rotatable bonds is 6. The molecule has 0 aliphatic carbocycles. The van der Waals surface area contributed by atoms with E-state index in [-0.39, 0.29) is 23.4 Å². The summed E-state index contributed by atoms with van der Waals surface area (Å²) in [6.45, 7) is 5.48. The number of ether oxygens (including phenoxy) is 2. The van der Waals surface area contributed by atoms with Gasteiger partial charge in [0, 0.05) is 22.6 Å². The summed E-state index contributed by atoms with van der Waals surface area (Å²) in [7, 11) is 3.04. The van der Waals surface area contributed by atoms with E-state index in [9.17, 15) is 9.59 Å². The number of nitrogens with one attached hydrogen (secondary N) is 1. The molecule has 3 rings (SSSR count). The van der Waals surface area contributed by atoms with Crippen LogP contribution < -0.4 is 14.8 Å². The highest BCUT2D eigenvalue weighted by Crippen LogP contribution is 2.32. The third kappa shape index (κ3) is 3.58.